The number of anilines is 1. The summed E-state index contributed by atoms with van der Waals surface area (Å²) in [6.45, 7) is 3.36. The molecular formula is C17H26Cl2N4O3. The molecule has 9 heteroatoms. The summed E-state index contributed by atoms with van der Waals surface area (Å²) in [5, 5.41) is 6.04. The molecule has 1 aromatic carbocycles. The second-order valence-corrected chi connectivity index (χ2v) is 6.28. The lowest BCUT2D eigenvalue weighted by molar-refractivity contribution is -0.128. The number of primary amides is 1. The number of carbonyl (C=O) groups is 2. The van der Waals surface area contributed by atoms with Gasteiger partial charge in [0.2, 0.25) is 5.91 Å². The Hall–Kier alpha value is -1.38. The Morgan fingerprint density at radius 2 is 2.15 bits per heavy atom. The number of nitrogens with two attached hydrogens (primary N) is 1. The summed E-state index contributed by atoms with van der Waals surface area (Å²) >= 11 is 0. The molecule has 3 rings (SSSR count). The summed E-state index contributed by atoms with van der Waals surface area (Å²) < 4.78 is 5.46. The highest BCUT2D eigenvalue weighted by molar-refractivity contribution is 5.94. The molecule has 2 aliphatic rings. The van der Waals surface area contributed by atoms with Crippen molar-refractivity contribution in [2.75, 3.05) is 31.6 Å². The highest BCUT2D eigenvalue weighted by Crippen LogP contribution is 2.21. The van der Waals surface area contributed by atoms with E-state index in [9.17, 15) is 9.59 Å². The van der Waals surface area contributed by atoms with Crippen molar-refractivity contribution < 1.29 is 14.3 Å². The van der Waals surface area contributed by atoms with E-state index < -0.39 is 6.10 Å². The molecule has 0 aliphatic carbocycles. The monoisotopic (exact) mass is 404 g/mol. The molecule has 2 atom stereocenters. The maximum absolute atomic E-state index is 12.2. The van der Waals surface area contributed by atoms with Crippen molar-refractivity contribution in [3.05, 3.63) is 29.8 Å². The number of carbonyl (C=O) groups excluding carboxylic acids is 2. The van der Waals surface area contributed by atoms with E-state index in [-0.39, 0.29) is 42.7 Å². The van der Waals surface area contributed by atoms with Gasteiger partial charge in [0.25, 0.3) is 5.91 Å². The van der Waals surface area contributed by atoms with Crippen LogP contribution in [0.25, 0.3) is 0 Å². The van der Waals surface area contributed by atoms with Crippen molar-refractivity contribution in [3.63, 3.8) is 0 Å². The van der Waals surface area contributed by atoms with Gasteiger partial charge in [-0.3, -0.25) is 14.5 Å². The highest BCUT2D eigenvalue weighted by atomic mass is 35.5. The van der Waals surface area contributed by atoms with Crippen molar-refractivity contribution in [3.8, 4) is 0 Å². The standard InChI is InChI=1S/C17H24N4O3.2ClH/c18-16(22)14-5-2-7-21(14)11-12-3-1-4-13(9-12)20-17(23)15-10-19-6-8-24-15;;/h1,3-4,9,14-15,19H,2,5-8,10-11H2,(H2,18,22)(H,20,23);2*1H. The summed E-state index contributed by atoms with van der Waals surface area (Å²) in [5.74, 6) is -0.408. The third-order valence-corrected chi connectivity index (χ3v) is 4.49. The van der Waals surface area contributed by atoms with E-state index >= 15 is 0 Å². The predicted molar refractivity (Wildman–Crippen MR) is 105 cm³/mol. The van der Waals surface area contributed by atoms with Gasteiger partial charge < -0.3 is 21.1 Å². The fourth-order valence-corrected chi connectivity index (χ4v) is 3.28. The molecule has 4 N–H and O–H groups in total. The molecule has 2 unspecified atom stereocenters. The maximum Gasteiger partial charge on any atom is 0.254 e. The van der Waals surface area contributed by atoms with Gasteiger partial charge in [0.1, 0.15) is 6.10 Å². The third-order valence-electron chi connectivity index (χ3n) is 4.49. The van der Waals surface area contributed by atoms with Crippen LogP contribution >= 0.6 is 24.8 Å². The minimum absolute atomic E-state index is 0. The molecule has 1 aromatic rings. The second kappa shape index (κ2) is 10.7. The average molecular weight is 405 g/mol. The summed E-state index contributed by atoms with van der Waals surface area (Å²) in [6, 6.07) is 7.49. The van der Waals surface area contributed by atoms with Gasteiger partial charge in [-0.2, -0.15) is 0 Å². The Morgan fingerprint density at radius 1 is 1.35 bits per heavy atom. The molecule has 2 heterocycles. The molecule has 146 valence electrons. The van der Waals surface area contributed by atoms with Crippen molar-refractivity contribution in [2.24, 2.45) is 5.73 Å². The minimum atomic E-state index is -0.458. The summed E-state index contributed by atoms with van der Waals surface area (Å²) in [5.41, 5.74) is 7.25. The SMILES string of the molecule is Cl.Cl.NC(=O)C1CCCN1Cc1cccc(NC(=O)C2CNCCO2)c1. The van der Waals surface area contributed by atoms with Gasteiger partial charge in [0.05, 0.1) is 12.6 Å². The number of nitrogens with zero attached hydrogens (tertiary/aromatic N) is 1. The highest BCUT2D eigenvalue weighted by Gasteiger charge is 2.28. The zero-order chi connectivity index (χ0) is 16.9. The first kappa shape index (κ1) is 22.7. The van der Waals surface area contributed by atoms with Gasteiger partial charge in [-0.1, -0.05) is 12.1 Å². The fraction of sp³-hybridized carbons (Fsp3) is 0.529. The van der Waals surface area contributed by atoms with Crippen molar-refractivity contribution in [1.29, 1.82) is 0 Å². The van der Waals surface area contributed by atoms with Crippen molar-refractivity contribution in [2.45, 2.75) is 31.5 Å². The number of ether oxygens (including phenoxy) is 1. The number of halogens is 2. The molecule has 2 amide bonds. The minimum Gasteiger partial charge on any atom is -0.368 e. The molecule has 0 spiro atoms. The van der Waals surface area contributed by atoms with E-state index in [1.165, 1.54) is 0 Å². The topological polar surface area (TPSA) is 96.7 Å². The van der Waals surface area contributed by atoms with Crippen LogP contribution in [0, 0.1) is 0 Å². The second-order valence-electron chi connectivity index (χ2n) is 6.28. The van der Waals surface area contributed by atoms with Crippen LogP contribution in [0.1, 0.15) is 18.4 Å². The number of likely N-dealkylation sites (tertiary alicyclic amines) is 1. The Bertz CT molecular complexity index is 611. The average Bonchev–Trinajstić information content (AvgIpc) is 3.04. The number of hydrogen-bond acceptors (Lipinski definition) is 5. The molecule has 2 aliphatic heterocycles. The number of nitrogens with one attached hydrogen (secondary N) is 2. The van der Waals surface area contributed by atoms with E-state index in [4.69, 9.17) is 10.5 Å². The number of hydrogen-bond donors (Lipinski definition) is 3. The largest absolute Gasteiger partial charge is 0.368 e. The number of morpholine rings is 1. The number of amides is 2. The summed E-state index contributed by atoms with van der Waals surface area (Å²) in [7, 11) is 0. The Labute approximate surface area is 165 Å². The number of rotatable bonds is 5. The van der Waals surface area contributed by atoms with Gasteiger partial charge in [0.15, 0.2) is 0 Å². The third kappa shape index (κ3) is 5.82. The van der Waals surface area contributed by atoms with Gasteiger partial charge >= 0.3 is 0 Å². The molecular weight excluding hydrogens is 379 g/mol. The van der Waals surface area contributed by atoms with E-state index in [2.05, 4.69) is 15.5 Å². The van der Waals surface area contributed by atoms with Crippen LogP contribution in [0.2, 0.25) is 0 Å². The van der Waals surface area contributed by atoms with Crippen LogP contribution in [-0.2, 0) is 20.9 Å². The lowest BCUT2D eigenvalue weighted by Gasteiger charge is -2.23. The first-order valence-corrected chi connectivity index (χ1v) is 8.39. The van der Waals surface area contributed by atoms with Crippen LogP contribution in [0.5, 0.6) is 0 Å². The first-order valence-electron chi connectivity index (χ1n) is 8.39. The molecule has 0 aromatic heterocycles. The van der Waals surface area contributed by atoms with Crippen molar-refractivity contribution in [1.82, 2.24) is 10.2 Å². The molecule has 2 saturated heterocycles. The smallest absolute Gasteiger partial charge is 0.254 e. The van der Waals surface area contributed by atoms with E-state index in [0.29, 0.717) is 19.7 Å². The quantitative estimate of drug-likeness (QED) is 0.677. The molecule has 0 radical (unpaired) electrons. The van der Waals surface area contributed by atoms with E-state index in [0.717, 1.165) is 37.2 Å². The lowest BCUT2D eigenvalue weighted by Crippen LogP contribution is -2.45. The Kier molecular flexibility index (Phi) is 9.32. The van der Waals surface area contributed by atoms with Crippen LogP contribution < -0.4 is 16.4 Å². The van der Waals surface area contributed by atoms with Gasteiger partial charge in [-0.15, -0.1) is 24.8 Å². The fourth-order valence-electron chi connectivity index (χ4n) is 3.28. The Balaban J connectivity index is 0.00000169. The van der Waals surface area contributed by atoms with Crippen LogP contribution in [0.3, 0.4) is 0 Å². The summed E-state index contributed by atoms with van der Waals surface area (Å²) in [6.07, 6.45) is 1.34. The van der Waals surface area contributed by atoms with Gasteiger partial charge in [0, 0.05) is 25.3 Å². The van der Waals surface area contributed by atoms with E-state index in [1.54, 1.807) is 0 Å². The molecule has 0 bridgehead atoms. The van der Waals surface area contributed by atoms with Crippen molar-refractivity contribution >= 4 is 42.3 Å². The molecule has 26 heavy (non-hydrogen) atoms. The van der Waals surface area contributed by atoms with Crippen LogP contribution in [-0.4, -0.2) is 55.1 Å². The zero-order valence-electron chi connectivity index (χ0n) is 14.5. The normalized spacial score (nSPS) is 22.8. The molecule has 0 saturated carbocycles. The predicted octanol–water partition coefficient (Wildman–Crippen LogP) is 0.907. The maximum atomic E-state index is 12.2. The summed E-state index contributed by atoms with van der Waals surface area (Å²) in [4.78, 5) is 25.8. The van der Waals surface area contributed by atoms with E-state index in [1.807, 2.05) is 24.3 Å². The van der Waals surface area contributed by atoms with Crippen LogP contribution in [0.4, 0.5) is 5.69 Å². The lowest BCUT2D eigenvalue weighted by atomic mass is 10.1. The van der Waals surface area contributed by atoms with Gasteiger partial charge in [-0.05, 0) is 37.1 Å². The molecule has 7 nitrogen and oxygen atoms in total. The first-order chi connectivity index (χ1) is 11.6. The molecule has 2 fully saturated rings. The zero-order valence-corrected chi connectivity index (χ0v) is 16.1. The van der Waals surface area contributed by atoms with Gasteiger partial charge in [-0.25, -0.2) is 0 Å². The Morgan fingerprint density at radius 3 is 2.85 bits per heavy atom. The number of benzene rings is 1. The van der Waals surface area contributed by atoms with Crippen LogP contribution in [0.15, 0.2) is 24.3 Å².